The van der Waals surface area contributed by atoms with E-state index < -0.39 is 12.0 Å². The number of amides is 1. The SMILES string of the molecule is Cc1nnn(-c2ccc(C(F)F)cc2)c1COc1ccc(C2CCCN(C(=O)OC(C)(C)C)C(C(C)(C)C)C2)nn1. The Morgan fingerprint density at radius 1 is 1.02 bits per heavy atom. The van der Waals surface area contributed by atoms with Gasteiger partial charge >= 0.3 is 6.09 Å². The number of halogens is 2. The third kappa shape index (κ3) is 7.56. The molecular formula is C30H40F2N6O3. The summed E-state index contributed by atoms with van der Waals surface area (Å²) in [5.41, 5.74) is 2.05. The Bertz CT molecular complexity index is 1310. The van der Waals surface area contributed by atoms with Gasteiger partial charge in [-0.3, -0.25) is 0 Å². The molecule has 1 fully saturated rings. The lowest BCUT2D eigenvalue weighted by atomic mass is 9.79. The predicted molar refractivity (Wildman–Crippen MR) is 150 cm³/mol. The van der Waals surface area contributed by atoms with Gasteiger partial charge in [-0.2, -0.15) is 5.10 Å². The quantitative estimate of drug-likeness (QED) is 0.322. The van der Waals surface area contributed by atoms with Crippen molar-refractivity contribution in [2.75, 3.05) is 6.54 Å². The van der Waals surface area contributed by atoms with Crippen LogP contribution in [0.25, 0.3) is 5.69 Å². The van der Waals surface area contributed by atoms with Crippen LogP contribution in [-0.4, -0.2) is 54.4 Å². The maximum Gasteiger partial charge on any atom is 0.410 e. The molecule has 0 radical (unpaired) electrons. The molecule has 1 aliphatic heterocycles. The van der Waals surface area contributed by atoms with E-state index in [1.807, 2.05) is 38.7 Å². The van der Waals surface area contributed by atoms with E-state index in [-0.39, 0.29) is 35.6 Å². The number of benzene rings is 1. The molecule has 4 rings (SSSR count). The molecule has 2 unspecified atom stereocenters. The minimum Gasteiger partial charge on any atom is -0.470 e. The second kappa shape index (κ2) is 12.1. The molecule has 1 saturated heterocycles. The molecule has 0 bridgehead atoms. The topological polar surface area (TPSA) is 95.3 Å². The van der Waals surface area contributed by atoms with Crippen LogP contribution in [0.2, 0.25) is 0 Å². The molecule has 11 heteroatoms. The summed E-state index contributed by atoms with van der Waals surface area (Å²) < 4.78 is 39.1. The molecule has 0 spiro atoms. The van der Waals surface area contributed by atoms with E-state index in [2.05, 4.69) is 41.3 Å². The van der Waals surface area contributed by atoms with Crippen LogP contribution in [0, 0.1) is 12.3 Å². The Labute approximate surface area is 240 Å². The van der Waals surface area contributed by atoms with Crippen molar-refractivity contribution in [3.8, 4) is 11.6 Å². The van der Waals surface area contributed by atoms with E-state index in [9.17, 15) is 13.6 Å². The van der Waals surface area contributed by atoms with Crippen LogP contribution >= 0.6 is 0 Å². The minimum atomic E-state index is -2.54. The number of nitrogens with zero attached hydrogens (tertiary/aromatic N) is 6. The highest BCUT2D eigenvalue weighted by atomic mass is 19.3. The van der Waals surface area contributed by atoms with Crippen LogP contribution in [0.4, 0.5) is 13.6 Å². The number of hydrogen-bond donors (Lipinski definition) is 0. The average molecular weight is 571 g/mol. The van der Waals surface area contributed by atoms with Gasteiger partial charge in [-0.15, -0.1) is 10.2 Å². The fourth-order valence-corrected chi connectivity index (χ4v) is 5.09. The Hall–Kier alpha value is -3.63. The lowest BCUT2D eigenvalue weighted by molar-refractivity contribution is 0.00240. The van der Waals surface area contributed by atoms with Crippen molar-refractivity contribution in [2.24, 2.45) is 5.41 Å². The Morgan fingerprint density at radius 2 is 1.73 bits per heavy atom. The molecule has 2 aromatic heterocycles. The van der Waals surface area contributed by atoms with E-state index in [4.69, 9.17) is 9.47 Å². The second-order valence-corrected chi connectivity index (χ2v) is 12.6. The first-order valence-electron chi connectivity index (χ1n) is 14.0. The summed E-state index contributed by atoms with van der Waals surface area (Å²) in [6, 6.07) is 9.61. The highest BCUT2D eigenvalue weighted by Crippen LogP contribution is 2.38. The summed E-state index contributed by atoms with van der Waals surface area (Å²) in [7, 11) is 0. The smallest absolute Gasteiger partial charge is 0.410 e. The number of hydrogen-bond acceptors (Lipinski definition) is 7. The van der Waals surface area contributed by atoms with Crippen LogP contribution in [0.5, 0.6) is 5.88 Å². The van der Waals surface area contributed by atoms with Crippen molar-refractivity contribution >= 4 is 6.09 Å². The lowest BCUT2D eigenvalue weighted by Gasteiger charge is -2.40. The van der Waals surface area contributed by atoms with Gasteiger partial charge in [-0.25, -0.2) is 18.3 Å². The monoisotopic (exact) mass is 570 g/mol. The van der Waals surface area contributed by atoms with Crippen LogP contribution in [0.15, 0.2) is 36.4 Å². The van der Waals surface area contributed by atoms with E-state index in [0.29, 0.717) is 29.5 Å². The highest BCUT2D eigenvalue weighted by molar-refractivity contribution is 5.68. The molecule has 0 aliphatic carbocycles. The number of rotatable bonds is 6. The van der Waals surface area contributed by atoms with Gasteiger partial charge < -0.3 is 14.4 Å². The van der Waals surface area contributed by atoms with Gasteiger partial charge in [0.25, 0.3) is 6.43 Å². The number of aryl methyl sites for hydroxylation is 1. The predicted octanol–water partition coefficient (Wildman–Crippen LogP) is 6.80. The van der Waals surface area contributed by atoms with Gasteiger partial charge in [0.1, 0.15) is 17.9 Å². The van der Waals surface area contributed by atoms with Gasteiger partial charge in [0, 0.05) is 30.1 Å². The second-order valence-electron chi connectivity index (χ2n) is 12.6. The molecule has 41 heavy (non-hydrogen) atoms. The zero-order chi connectivity index (χ0) is 29.9. The summed E-state index contributed by atoms with van der Waals surface area (Å²) >= 11 is 0. The third-order valence-electron chi connectivity index (χ3n) is 7.25. The molecule has 1 aliphatic rings. The molecule has 9 nitrogen and oxygen atoms in total. The number of carbonyl (C=O) groups is 1. The Balaban J connectivity index is 1.45. The van der Waals surface area contributed by atoms with Crippen molar-refractivity contribution in [3.05, 3.63) is 59.0 Å². The van der Waals surface area contributed by atoms with Gasteiger partial charge in [0.05, 0.1) is 17.1 Å². The molecule has 0 saturated carbocycles. The first kappa shape index (κ1) is 30.3. The fourth-order valence-electron chi connectivity index (χ4n) is 5.09. The van der Waals surface area contributed by atoms with Crippen LogP contribution in [-0.2, 0) is 11.3 Å². The van der Waals surface area contributed by atoms with E-state index >= 15 is 0 Å². The lowest BCUT2D eigenvalue weighted by Crippen LogP contribution is -2.49. The average Bonchev–Trinajstić information content (AvgIpc) is 3.10. The van der Waals surface area contributed by atoms with E-state index in [0.717, 1.165) is 25.0 Å². The number of likely N-dealkylation sites (tertiary alicyclic amines) is 1. The Kier molecular flexibility index (Phi) is 8.94. The van der Waals surface area contributed by atoms with Gasteiger partial charge in [-0.05, 0) is 70.6 Å². The summed E-state index contributed by atoms with van der Waals surface area (Å²) in [5, 5.41) is 17.1. The number of ether oxygens (including phenoxy) is 2. The largest absolute Gasteiger partial charge is 0.470 e. The standard InChI is InChI=1S/C30H40F2N6O3/c1-19-24(38(36-33-19)22-12-10-20(11-13-22)27(31)32)18-40-26-15-14-23(34-35-26)21-9-8-16-37(25(17-21)29(2,3)4)28(39)41-30(5,6)7/h10-15,21,25,27H,8-9,16-18H2,1-7H3. The van der Waals surface area contributed by atoms with Gasteiger partial charge in [-0.1, -0.05) is 38.1 Å². The van der Waals surface area contributed by atoms with Crippen LogP contribution < -0.4 is 4.74 Å². The first-order chi connectivity index (χ1) is 19.2. The number of alkyl halides is 2. The van der Waals surface area contributed by atoms with Crippen molar-refractivity contribution < 1.29 is 23.0 Å². The maximum absolute atomic E-state index is 13.1. The molecule has 2 atom stereocenters. The van der Waals surface area contributed by atoms with E-state index in [1.165, 1.54) is 12.1 Å². The molecule has 222 valence electrons. The first-order valence-corrected chi connectivity index (χ1v) is 14.0. The van der Waals surface area contributed by atoms with Gasteiger partial charge in [0.2, 0.25) is 5.88 Å². The molecule has 1 amide bonds. The molecule has 3 heterocycles. The molecule has 1 aromatic carbocycles. The van der Waals surface area contributed by atoms with Crippen LogP contribution in [0.3, 0.4) is 0 Å². The number of aromatic nitrogens is 5. The molecular weight excluding hydrogens is 530 g/mol. The van der Waals surface area contributed by atoms with E-state index in [1.54, 1.807) is 22.9 Å². The zero-order valence-electron chi connectivity index (χ0n) is 24.9. The number of carbonyl (C=O) groups excluding carboxylic acids is 1. The summed E-state index contributed by atoms with van der Waals surface area (Å²) in [6.45, 7) is 14.7. The van der Waals surface area contributed by atoms with Crippen molar-refractivity contribution in [3.63, 3.8) is 0 Å². The normalized spacial score (nSPS) is 18.3. The maximum atomic E-state index is 13.1. The third-order valence-corrected chi connectivity index (χ3v) is 7.25. The fraction of sp³-hybridized carbons (Fsp3) is 0.567. The summed E-state index contributed by atoms with van der Waals surface area (Å²) in [6.07, 6.45) is -0.333. The van der Waals surface area contributed by atoms with Crippen LogP contribution in [0.1, 0.15) is 95.8 Å². The summed E-state index contributed by atoms with van der Waals surface area (Å²) in [4.78, 5) is 15.0. The molecule has 0 N–H and O–H groups in total. The highest BCUT2D eigenvalue weighted by Gasteiger charge is 2.39. The summed E-state index contributed by atoms with van der Waals surface area (Å²) in [5.74, 6) is 0.489. The van der Waals surface area contributed by atoms with Gasteiger partial charge in [0.15, 0.2) is 0 Å². The van der Waals surface area contributed by atoms with Crippen molar-refractivity contribution in [2.45, 2.75) is 98.3 Å². The minimum absolute atomic E-state index is 0.0203. The van der Waals surface area contributed by atoms with Crippen molar-refractivity contribution in [1.82, 2.24) is 30.1 Å². The molecule has 3 aromatic rings. The van der Waals surface area contributed by atoms with Crippen molar-refractivity contribution in [1.29, 1.82) is 0 Å². The Morgan fingerprint density at radius 3 is 2.32 bits per heavy atom. The zero-order valence-corrected chi connectivity index (χ0v) is 24.9.